The molecule has 0 unspecified atom stereocenters. The molecule has 5 nitrogen and oxygen atoms in total. The first-order valence-corrected chi connectivity index (χ1v) is 8.81. The van der Waals surface area contributed by atoms with Crippen molar-refractivity contribution in [3.8, 4) is 0 Å². The highest BCUT2D eigenvalue weighted by molar-refractivity contribution is 7.18. The predicted octanol–water partition coefficient (Wildman–Crippen LogP) is 3.81. The lowest BCUT2D eigenvalue weighted by Gasteiger charge is -2.23. The summed E-state index contributed by atoms with van der Waals surface area (Å²) in [5.41, 5.74) is 0.956. The van der Waals surface area contributed by atoms with Crippen molar-refractivity contribution >= 4 is 33.4 Å². The number of thiazole rings is 1. The maximum atomic E-state index is 13.1. The maximum Gasteiger partial charge on any atom is 0.338 e. The molecule has 1 heterocycles. The summed E-state index contributed by atoms with van der Waals surface area (Å²) >= 11 is 1.52. The van der Waals surface area contributed by atoms with Crippen molar-refractivity contribution in [3.63, 3.8) is 0 Å². The van der Waals surface area contributed by atoms with Crippen LogP contribution in [0, 0.1) is 5.82 Å². The van der Waals surface area contributed by atoms with Gasteiger partial charge in [-0.15, -0.1) is 11.3 Å². The van der Waals surface area contributed by atoms with Crippen LogP contribution in [-0.4, -0.2) is 35.4 Å². The number of hydrogen-bond acceptors (Lipinski definition) is 5. The second kappa shape index (κ2) is 7.61. The minimum Gasteiger partial charge on any atom is -0.452 e. The van der Waals surface area contributed by atoms with Crippen LogP contribution in [0.2, 0.25) is 0 Å². The Labute approximate surface area is 154 Å². The van der Waals surface area contributed by atoms with E-state index >= 15 is 0 Å². The van der Waals surface area contributed by atoms with Crippen LogP contribution < -0.4 is 0 Å². The van der Waals surface area contributed by atoms with Crippen LogP contribution in [0.25, 0.3) is 10.2 Å². The number of carbonyl (C=O) groups is 2. The fraction of sp³-hybridized carbons (Fsp3) is 0.211. The number of carbonyl (C=O) groups excluding carboxylic acids is 2. The van der Waals surface area contributed by atoms with E-state index in [4.69, 9.17) is 4.74 Å². The highest BCUT2D eigenvalue weighted by atomic mass is 32.1. The van der Waals surface area contributed by atoms with Crippen molar-refractivity contribution in [3.05, 3.63) is 64.9 Å². The monoisotopic (exact) mass is 372 g/mol. The fourth-order valence-electron chi connectivity index (χ4n) is 2.38. The molecule has 0 bridgehead atoms. The number of para-hydroxylation sites is 1. The van der Waals surface area contributed by atoms with Gasteiger partial charge in [0.2, 0.25) is 0 Å². The fourth-order valence-corrected chi connectivity index (χ4v) is 3.44. The van der Waals surface area contributed by atoms with E-state index in [-0.39, 0.29) is 17.5 Å². The van der Waals surface area contributed by atoms with E-state index < -0.39 is 18.4 Å². The van der Waals surface area contributed by atoms with Crippen LogP contribution in [0.5, 0.6) is 0 Å². The van der Waals surface area contributed by atoms with Gasteiger partial charge in [-0.05, 0) is 37.3 Å². The van der Waals surface area contributed by atoms with Crippen LogP contribution >= 0.6 is 11.3 Å². The standard InChI is InChI=1S/C19H17FN2O3S/c1-12(18-21-15-8-3-4-9-16(15)26-18)22(2)17(23)11-25-19(24)13-6-5-7-14(20)10-13/h3-10,12H,11H2,1-2H3/t12-/m1/s1. The molecule has 1 amide bonds. The number of halogens is 1. The Morgan fingerprint density at radius 1 is 1.23 bits per heavy atom. The summed E-state index contributed by atoms with van der Waals surface area (Å²) in [6.07, 6.45) is 0. The lowest BCUT2D eigenvalue weighted by Crippen LogP contribution is -2.33. The summed E-state index contributed by atoms with van der Waals surface area (Å²) in [6.45, 7) is 1.45. The molecule has 0 saturated heterocycles. The van der Waals surface area contributed by atoms with E-state index in [1.807, 2.05) is 31.2 Å². The van der Waals surface area contributed by atoms with Crippen molar-refractivity contribution in [2.45, 2.75) is 13.0 Å². The molecule has 0 saturated carbocycles. The van der Waals surface area contributed by atoms with Crippen LogP contribution in [0.1, 0.15) is 28.3 Å². The van der Waals surface area contributed by atoms with Gasteiger partial charge in [-0.3, -0.25) is 4.79 Å². The number of likely N-dealkylation sites (N-methyl/N-ethyl adjacent to an activating group) is 1. The van der Waals surface area contributed by atoms with Crippen molar-refractivity contribution in [1.82, 2.24) is 9.88 Å². The number of amides is 1. The first-order chi connectivity index (χ1) is 12.5. The lowest BCUT2D eigenvalue weighted by molar-refractivity contribution is -0.135. The molecule has 0 fully saturated rings. The van der Waals surface area contributed by atoms with Gasteiger partial charge < -0.3 is 9.64 Å². The highest BCUT2D eigenvalue weighted by Gasteiger charge is 2.22. The number of benzene rings is 2. The van der Waals surface area contributed by atoms with Gasteiger partial charge in [0.15, 0.2) is 6.61 Å². The minimum absolute atomic E-state index is 0.0691. The quantitative estimate of drug-likeness (QED) is 0.639. The number of hydrogen-bond donors (Lipinski definition) is 0. The Morgan fingerprint density at radius 3 is 2.73 bits per heavy atom. The van der Waals surface area contributed by atoms with E-state index in [1.54, 1.807) is 7.05 Å². The second-order valence-corrected chi connectivity index (χ2v) is 6.85. The number of ether oxygens (including phenoxy) is 1. The zero-order valence-electron chi connectivity index (χ0n) is 14.3. The van der Waals surface area contributed by atoms with Crippen LogP contribution in [0.4, 0.5) is 4.39 Å². The zero-order chi connectivity index (χ0) is 18.7. The molecular formula is C19H17FN2O3S. The van der Waals surface area contributed by atoms with E-state index in [1.165, 1.54) is 34.4 Å². The molecule has 134 valence electrons. The molecule has 2 aromatic carbocycles. The molecular weight excluding hydrogens is 355 g/mol. The van der Waals surface area contributed by atoms with Gasteiger partial charge in [-0.1, -0.05) is 18.2 Å². The summed E-state index contributed by atoms with van der Waals surface area (Å²) in [6, 6.07) is 12.6. The summed E-state index contributed by atoms with van der Waals surface area (Å²) in [7, 11) is 1.63. The molecule has 3 aromatic rings. The third-order valence-corrected chi connectivity index (χ3v) is 5.24. The van der Waals surface area contributed by atoms with Crippen molar-refractivity contribution in [2.75, 3.05) is 13.7 Å². The first-order valence-electron chi connectivity index (χ1n) is 7.99. The van der Waals surface area contributed by atoms with Crippen molar-refractivity contribution < 1.29 is 18.7 Å². The number of esters is 1. The SMILES string of the molecule is C[C@H](c1nc2ccccc2s1)N(C)C(=O)COC(=O)c1cccc(F)c1. The molecule has 7 heteroatoms. The van der Waals surface area contributed by atoms with E-state index in [0.717, 1.165) is 21.3 Å². The molecule has 1 aromatic heterocycles. The number of rotatable bonds is 5. The summed E-state index contributed by atoms with van der Waals surface area (Å²) in [4.78, 5) is 30.3. The summed E-state index contributed by atoms with van der Waals surface area (Å²) in [5, 5.41) is 0.804. The molecule has 3 rings (SSSR count). The zero-order valence-corrected chi connectivity index (χ0v) is 15.1. The largest absolute Gasteiger partial charge is 0.452 e. The van der Waals surface area contributed by atoms with Gasteiger partial charge in [0.1, 0.15) is 10.8 Å². The van der Waals surface area contributed by atoms with Gasteiger partial charge >= 0.3 is 5.97 Å². The lowest BCUT2D eigenvalue weighted by atomic mass is 10.2. The van der Waals surface area contributed by atoms with E-state index in [0.29, 0.717) is 0 Å². The molecule has 0 radical (unpaired) electrons. The van der Waals surface area contributed by atoms with Crippen LogP contribution in [-0.2, 0) is 9.53 Å². The number of fused-ring (bicyclic) bond motifs is 1. The molecule has 0 aliphatic heterocycles. The third kappa shape index (κ3) is 3.88. The Hall–Kier alpha value is -2.80. The van der Waals surface area contributed by atoms with Gasteiger partial charge in [0, 0.05) is 7.05 Å². The second-order valence-electron chi connectivity index (χ2n) is 5.79. The molecule has 0 aliphatic carbocycles. The maximum absolute atomic E-state index is 13.1. The molecule has 26 heavy (non-hydrogen) atoms. The van der Waals surface area contributed by atoms with Gasteiger partial charge in [-0.2, -0.15) is 0 Å². The number of nitrogens with zero attached hydrogens (tertiary/aromatic N) is 2. The van der Waals surface area contributed by atoms with Gasteiger partial charge in [0.05, 0.1) is 21.8 Å². The summed E-state index contributed by atoms with van der Waals surface area (Å²) < 4.78 is 19.2. The van der Waals surface area contributed by atoms with Crippen LogP contribution in [0.3, 0.4) is 0 Å². The first kappa shape index (κ1) is 18.0. The predicted molar refractivity (Wildman–Crippen MR) is 97.5 cm³/mol. The Balaban J connectivity index is 1.62. The smallest absolute Gasteiger partial charge is 0.338 e. The Kier molecular flexibility index (Phi) is 5.27. The topological polar surface area (TPSA) is 59.5 Å². The molecule has 0 spiro atoms. The van der Waals surface area contributed by atoms with Crippen molar-refractivity contribution in [2.24, 2.45) is 0 Å². The Bertz CT molecular complexity index is 924. The summed E-state index contributed by atoms with van der Waals surface area (Å²) in [5.74, 6) is -1.63. The highest BCUT2D eigenvalue weighted by Crippen LogP contribution is 2.28. The molecule has 0 N–H and O–H groups in total. The average Bonchev–Trinajstić information content (AvgIpc) is 3.08. The molecule has 0 aliphatic rings. The van der Waals surface area contributed by atoms with E-state index in [9.17, 15) is 14.0 Å². The minimum atomic E-state index is -0.737. The van der Waals surface area contributed by atoms with E-state index in [2.05, 4.69) is 4.98 Å². The van der Waals surface area contributed by atoms with Gasteiger partial charge in [-0.25, -0.2) is 14.2 Å². The Morgan fingerprint density at radius 2 is 2.00 bits per heavy atom. The average molecular weight is 372 g/mol. The molecule has 1 atom stereocenters. The normalized spacial score (nSPS) is 12.0. The third-order valence-electron chi connectivity index (χ3n) is 4.03. The van der Waals surface area contributed by atoms with Gasteiger partial charge in [0.25, 0.3) is 5.91 Å². The number of aromatic nitrogens is 1. The van der Waals surface area contributed by atoms with Crippen molar-refractivity contribution in [1.29, 1.82) is 0 Å². The van der Waals surface area contributed by atoms with Crippen LogP contribution in [0.15, 0.2) is 48.5 Å².